The number of rotatable bonds is 7. The maximum absolute atomic E-state index is 6.68. The lowest BCUT2D eigenvalue weighted by atomic mass is 9.96. The molecule has 0 atom stereocenters. The van der Waals surface area contributed by atoms with Gasteiger partial charge in [-0.25, -0.2) is 0 Å². The summed E-state index contributed by atoms with van der Waals surface area (Å²) in [5, 5.41) is 7.17. The molecule has 0 aliphatic rings. The summed E-state index contributed by atoms with van der Waals surface area (Å²) in [5.74, 6) is 0. The summed E-state index contributed by atoms with van der Waals surface area (Å²) in [6.45, 7) is 0. The first-order valence-electron chi connectivity index (χ1n) is 20.9. The summed E-state index contributed by atoms with van der Waals surface area (Å²) in [4.78, 5) is 2.43. The van der Waals surface area contributed by atoms with Crippen molar-refractivity contribution < 1.29 is 4.42 Å². The zero-order valence-corrected chi connectivity index (χ0v) is 33.2. The number of furan rings is 1. The Balaban J connectivity index is 1.10. The first-order valence-corrected chi connectivity index (χ1v) is 20.9. The average Bonchev–Trinajstić information content (AvgIpc) is 3.88. The topological polar surface area (TPSA) is 21.3 Å². The summed E-state index contributed by atoms with van der Waals surface area (Å²) >= 11 is 0. The average molecular weight is 779 g/mol. The molecule has 2 heterocycles. The van der Waals surface area contributed by atoms with Gasteiger partial charge in [0.05, 0.1) is 28.1 Å². The van der Waals surface area contributed by atoms with Crippen LogP contribution in [0.3, 0.4) is 0 Å². The third-order valence-corrected chi connectivity index (χ3v) is 12.2. The van der Waals surface area contributed by atoms with Crippen molar-refractivity contribution in [3.8, 4) is 39.1 Å². The van der Waals surface area contributed by atoms with Gasteiger partial charge in [-0.05, 0) is 70.4 Å². The van der Waals surface area contributed by atoms with Crippen LogP contribution in [-0.2, 0) is 0 Å². The first-order chi connectivity index (χ1) is 30.3. The molecule has 3 nitrogen and oxygen atoms in total. The molecule has 286 valence electrons. The number of hydrogen-bond acceptors (Lipinski definition) is 2. The van der Waals surface area contributed by atoms with Gasteiger partial charge in [0.25, 0.3) is 0 Å². The molecule has 0 amide bonds. The third kappa shape index (κ3) is 5.66. The van der Waals surface area contributed by atoms with Crippen molar-refractivity contribution in [1.82, 2.24) is 4.57 Å². The van der Waals surface area contributed by atoms with Crippen LogP contribution in [-0.4, -0.2) is 4.57 Å². The van der Waals surface area contributed by atoms with E-state index in [0.717, 1.165) is 66.9 Å². The van der Waals surface area contributed by atoms with Gasteiger partial charge in [-0.2, -0.15) is 0 Å². The minimum absolute atomic E-state index is 0.882. The van der Waals surface area contributed by atoms with E-state index in [0.29, 0.717) is 0 Å². The van der Waals surface area contributed by atoms with E-state index < -0.39 is 0 Å². The first kappa shape index (κ1) is 34.9. The van der Waals surface area contributed by atoms with Crippen molar-refractivity contribution in [1.29, 1.82) is 0 Å². The molecule has 0 N–H and O–H groups in total. The molecule has 0 saturated heterocycles. The number of fused-ring (bicyclic) bond motifs is 7. The molecule has 2 aromatic heterocycles. The number of hydrogen-bond donors (Lipinski definition) is 0. The van der Waals surface area contributed by atoms with Crippen molar-refractivity contribution in [2.45, 2.75) is 0 Å². The summed E-state index contributed by atoms with van der Waals surface area (Å²) in [5.41, 5.74) is 15.2. The number of benzene rings is 10. The van der Waals surface area contributed by atoms with Gasteiger partial charge in [-0.1, -0.05) is 182 Å². The standard InChI is InChI=1S/C58H38N2O/c1-2-19-42-39(17-1)18-15-26-43(42)40-35-37-41(38-36-40)59(53-30-10-7-24-48(53)50-27-16-28-51-49-25-8-14-34-57(49)61-58(50)51)52-29-9-3-20-44(52)45-21-4-11-31-54(45)60-55-32-12-5-22-46(55)47-23-6-13-33-56(47)60/h1-38H. The summed E-state index contributed by atoms with van der Waals surface area (Å²) in [6, 6.07) is 82.9. The lowest BCUT2D eigenvalue weighted by Crippen LogP contribution is -2.13. The van der Waals surface area contributed by atoms with Crippen LogP contribution in [0, 0.1) is 0 Å². The van der Waals surface area contributed by atoms with Crippen molar-refractivity contribution in [2.24, 2.45) is 0 Å². The second kappa shape index (κ2) is 14.3. The fourth-order valence-electron chi connectivity index (χ4n) is 9.51. The number of anilines is 3. The highest BCUT2D eigenvalue weighted by Gasteiger charge is 2.24. The molecule has 0 aliphatic heterocycles. The van der Waals surface area contributed by atoms with Gasteiger partial charge in [0, 0.05) is 49.5 Å². The monoisotopic (exact) mass is 778 g/mol. The third-order valence-electron chi connectivity index (χ3n) is 12.2. The maximum atomic E-state index is 6.68. The molecule has 0 aliphatic carbocycles. The highest BCUT2D eigenvalue weighted by molar-refractivity contribution is 6.12. The molecule has 0 radical (unpaired) electrons. The fourth-order valence-corrected chi connectivity index (χ4v) is 9.51. The minimum atomic E-state index is 0.882. The van der Waals surface area contributed by atoms with Crippen LogP contribution in [0.1, 0.15) is 0 Å². The van der Waals surface area contributed by atoms with Gasteiger partial charge in [-0.3, -0.25) is 0 Å². The Labute approximate surface area is 353 Å². The Morgan fingerprint density at radius 2 is 0.820 bits per heavy atom. The molecule has 12 aromatic rings. The van der Waals surface area contributed by atoms with Gasteiger partial charge >= 0.3 is 0 Å². The van der Waals surface area contributed by atoms with E-state index in [-0.39, 0.29) is 0 Å². The zero-order chi connectivity index (χ0) is 40.3. The largest absolute Gasteiger partial charge is 0.455 e. The molecule has 3 heteroatoms. The second-order valence-electron chi connectivity index (χ2n) is 15.6. The van der Waals surface area contributed by atoms with E-state index in [1.165, 1.54) is 43.7 Å². The molecule has 12 rings (SSSR count). The molecule has 0 saturated carbocycles. The van der Waals surface area contributed by atoms with Crippen molar-refractivity contribution >= 4 is 71.6 Å². The van der Waals surface area contributed by atoms with Crippen LogP contribution in [0.25, 0.3) is 93.6 Å². The van der Waals surface area contributed by atoms with Crippen LogP contribution in [0.15, 0.2) is 235 Å². The Morgan fingerprint density at radius 1 is 0.328 bits per heavy atom. The van der Waals surface area contributed by atoms with Crippen LogP contribution >= 0.6 is 0 Å². The fraction of sp³-hybridized carbons (Fsp3) is 0. The minimum Gasteiger partial charge on any atom is -0.455 e. The van der Waals surface area contributed by atoms with E-state index >= 15 is 0 Å². The molecule has 0 unspecified atom stereocenters. The molecule has 10 aromatic carbocycles. The second-order valence-corrected chi connectivity index (χ2v) is 15.6. The van der Waals surface area contributed by atoms with Gasteiger partial charge in [-0.15, -0.1) is 0 Å². The maximum Gasteiger partial charge on any atom is 0.143 e. The Kier molecular flexibility index (Phi) is 8.17. The Bertz CT molecular complexity index is 3550. The van der Waals surface area contributed by atoms with Gasteiger partial charge in [0.1, 0.15) is 11.2 Å². The van der Waals surface area contributed by atoms with Crippen LogP contribution < -0.4 is 4.90 Å². The van der Waals surface area contributed by atoms with E-state index in [1.807, 2.05) is 6.07 Å². The number of nitrogens with zero attached hydrogens (tertiary/aromatic N) is 2. The lowest BCUT2D eigenvalue weighted by molar-refractivity contribution is 0.670. The van der Waals surface area contributed by atoms with Gasteiger partial charge in [0.2, 0.25) is 0 Å². The van der Waals surface area contributed by atoms with Crippen LogP contribution in [0.5, 0.6) is 0 Å². The van der Waals surface area contributed by atoms with Gasteiger partial charge in [0.15, 0.2) is 0 Å². The van der Waals surface area contributed by atoms with E-state index in [2.05, 4.69) is 234 Å². The molecular weight excluding hydrogens is 741 g/mol. The summed E-state index contributed by atoms with van der Waals surface area (Å²) in [6.07, 6.45) is 0. The summed E-state index contributed by atoms with van der Waals surface area (Å²) < 4.78 is 9.11. The molecule has 0 bridgehead atoms. The zero-order valence-electron chi connectivity index (χ0n) is 33.2. The van der Waals surface area contributed by atoms with Crippen LogP contribution in [0.2, 0.25) is 0 Å². The van der Waals surface area contributed by atoms with Crippen molar-refractivity contribution in [3.05, 3.63) is 231 Å². The molecule has 0 spiro atoms. The SMILES string of the molecule is c1ccc(N(c2ccc(-c3cccc4ccccc34)cc2)c2ccccc2-c2cccc3c2oc2ccccc23)c(-c2ccccc2-n2c3ccccc3c3ccccc32)c1. The highest BCUT2D eigenvalue weighted by Crippen LogP contribution is 2.48. The predicted molar refractivity (Wildman–Crippen MR) is 257 cm³/mol. The predicted octanol–water partition coefficient (Wildman–Crippen LogP) is 16.3. The normalized spacial score (nSPS) is 11.6. The molecular formula is C58H38N2O. The van der Waals surface area contributed by atoms with Crippen LogP contribution in [0.4, 0.5) is 17.1 Å². The van der Waals surface area contributed by atoms with Crippen molar-refractivity contribution in [2.75, 3.05) is 4.90 Å². The van der Waals surface area contributed by atoms with E-state index in [1.54, 1.807) is 0 Å². The highest BCUT2D eigenvalue weighted by atomic mass is 16.3. The summed E-state index contributed by atoms with van der Waals surface area (Å²) in [7, 11) is 0. The Hall–Kier alpha value is -8.14. The quantitative estimate of drug-likeness (QED) is 0.161. The number of aromatic nitrogens is 1. The van der Waals surface area contributed by atoms with E-state index in [4.69, 9.17) is 4.42 Å². The van der Waals surface area contributed by atoms with Gasteiger partial charge < -0.3 is 13.9 Å². The lowest BCUT2D eigenvalue weighted by Gasteiger charge is -2.30. The molecule has 61 heavy (non-hydrogen) atoms. The molecule has 0 fully saturated rings. The van der Waals surface area contributed by atoms with E-state index in [9.17, 15) is 0 Å². The smallest absolute Gasteiger partial charge is 0.143 e. The Morgan fingerprint density at radius 3 is 1.56 bits per heavy atom. The number of para-hydroxylation sites is 7. The van der Waals surface area contributed by atoms with Crippen molar-refractivity contribution in [3.63, 3.8) is 0 Å².